The number of amides is 2. The average molecular weight is 523 g/mol. The lowest BCUT2D eigenvalue weighted by molar-refractivity contribution is -0.127. The van der Waals surface area contributed by atoms with Crippen molar-refractivity contribution in [2.24, 2.45) is 0 Å². The number of benzene rings is 3. The molecule has 1 atom stereocenters. The predicted molar refractivity (Wildman–Crippen MR) is 153 cm³/mol. The van der Waals surface area contributed by atoms with Crippen LogP contribution >= 0.6 is 0 Å². The standard InChI is InChI=1S/C32H34N4O3/c1-22-9-11-23(12-10-22)15-16-33-30(24-6-3-2-4-7-24)31(38)27-21-35-28-20-25(13-14-26(27)28)32(39)34-17-19-36-18-5-8-29(36)37/h2-4,6-7,9-14,20-21,30,33,35H,5,8,15-19H2,1H3,(H,34,39)/t30-/m1/s1. The summed E-state index contributed by atoms with van der Waals surface area (Å²) in [5.41, 5.74) is 5.17. The Bertz CT molecular complexity index is 1460. The number of hydrogen-bond donors (Lipinski definition) is 3. The van der Waals surface area contributed by atoms with Gasteiger partial charge in [-0.05, 0) is 43.0 Å². The van der Waals surface area contributed by atoms with Crippen LogP contribution in [0.15, 0.2) is 79.0 Å². The lowest BCUT2D eigenvalue weighted by Gasteiger charge is -2.18. The molecule has 1 aromatic heterocycles. The van der Waals surface area contributed by atoms with Crippen LogP contribution < -0.4 is 10.6 Å². The monoisotopic (exact) mass is 522 g/mol. The van der Waals surface area contributed by atoms with Gasteiger partial charge in [0.25, 0.3) is 5.91 Å². The van der Waals surface area contributed by atoms with Gasteiger partial charge in [-0.15, -0.1) is 0 Å². The van der Waals surface area contributed by atoms with E-state index in [1.807, 2.05) is 36.4 Å². The molecule has 3 aromatic carbocycles. The average Bonchev–Trinajstić information content (AvgIpc) is 3.57. The molecule has 5 rings (SSSR count). The molecule has 0 unspecified atom stereocenters. The fourth-order valence-electron chi connectivity index (χ4n) is 5.10. The second-order valence-corrected chi connectivity index (χ2v) is 10.1. The molecule has 39 heavy (non-hydrogen) atoms. The van der Waals surface area contributed by atoms with Crippen molar-refractivity contribution in [3.63, 3.8) is 0 Å². The highest BCUT2D eigenvalue weighted by Crippen LogP contribution is 2.26. The van der Waals surface area contributed by atoms with Gasteiger partial charge in [0, 0.05) is 60.8 Å². The molecule has 0 radical (unpaired) electrons. The molecule has 0 bridgehead atoms. The van der Waals surface area contributed by atoms with Crippen LogP contribution in [0.4, 0.5) is 0 Å². The van der Waals surface area contributed by atoms with Crippen molar-refractivity contribution >= 4 is 28.5 Å². The Hall–Kier alpha value is -4.23. The number of H-pyrrole nitrogens is 1. The molecule has 1 aliphatic rings. The molecule has 1 aliphatic heterocycles. The number of carbonyl (C=O) groups is 3. The lowest BCUT2D eigenvalue weighted by atomic mass is 9.96. The van der Waals surface area contributed by atoms with E-state index < -0.39 is 6.04 Å². The van der Waals surface area contributed by atoms with E-state index in [2.05, 4.69) is 46.8 Å². The van der Waals surface area contributed by atoms with Gasteiger partial charge in [-0.2, -0.15) is 0 Å². The van der Waals surface area contributed by atoms with Gasteiger partial charge < -0.3 is 20.5 Å². The number of hydrogen-bond acceptors (Lipinski definition) is 4. The number of ketones is 1. The summed E-state index contributed by atoms with van der Waals surface area (Å²) in [5.74, 6) is -0.0810. The van der Waals surface area contributed by atoms with Gasteiger partial charge in [0.15, 0.2) is 5.78 Å². The summed E-state index contributed by atoms with van der Waals surface area (Å²) >= 11 is 0. The summed E-state index contributed by atoms with van der Waals surface area (Å²) in [5, 5.41) is 7.15. The summed E-state index contributed by atoms with van der Waals surface area (Å²) in [6.07, 6.45) is 4.01. The van der Waals surface area contributed by atoms with Crippen LogP contribution in [0.25, 0.3) is 10.9 Å². The quantitative estimate of drug-likeness (QED) is 0.251. The van der Waals surface area contributed by atoms with E-state index in [1.165, 1.54) is 11.1 Å². The van der Waals surface area contributed by atoms with Crippen molar-refractivity contribution < 1.29 is 14.4 Å². The Morgan fingerprint density at radius 1 is 1.00 bits per heavy atom. The Kier molecular flexibility index (Phi) is 8.18. The number of carbonyl (C=O) groups excluding carboxylic acids is 3. The van der Waals surface area contributed by atoms with E-state index in [9.17, 15) is 14.4 Å². The molecule has 7 heteroatoms. The van der Waals surface area contributed by atoms with Crippen LogP contribution in [0.2, 0.25) is 0 Å². The molecular formula is C32H34N4O3. The number of Topliss-reactive ketones (excluding diaryl/α,β-unsaturated/α-hetero) is 1. The topological polar surface area (TPSA) is 94.3 Å². The third-order valence-corrected chi connectivity index (χ3v) is 7.33. The first-order valence-corrected chi connectivity index (χ1v) is 13.5. The largest absolute Gasteiger partial charge is 0.360 e. The first-order chi connectivity index (χ1) is 19.0. The minimum atomic E-state index is -0.494. The molecule has 1 saturated heterocycles. The van der Waals surface area contributed by atoms with Crippen molar-refractivity contribution in [3.8, 4) is 0 Å². The number of nitrogens with one attached hydrogen (secondary N) is 3. The van der Waals surface area contributed by atoms with E-state index in [0.717, 1.165) is 35.9 Å². The maximum absolute atomic E-state index is 13.8. The highest BCUT2D eigenvalue weighted by atomic mass is 16.2. The first-order valence-electron chi connectivity index (χ1n) is 13.5. The van der Waals surface area contributed by atoms with Crippen LogP contribution in [-0.2, 0) is 11.2 Å². The number of likely N-dealkylation sites (tertiary alicyclic amines) is 1. The van der Waals surface area contributed by atoms with Gasteiger partial charge in [-0.3, -0.25) is 14.4 Å². The summed E-state index contributed by atoms with van der Waals surface area (Å²) in [6.45, 7) is 4.41. The number of aromatic nitrogens is 1. The first kappa shape index (κ1) is 26.4. The Balaban J connectivity index is 1.28. The molecule has 2 amide bonds. The molecule has 1 fully saturated rings. The molecular weight excluding hydrogens is 488 g/mol. The van der Waals surface area contributed by atoms with Gasteiger partial charge in [-0.25, -0.2) is 0 Å². The van der Waals surface area contributed by atoms with E-state index in [4.69, 9.17) is 0 Å². The van der Waals surface area contributed by atoms with Crippen molar-refractivity contribution in [2.45, 2.75) is 32.2 Å². The predicted octanol–water partition coefficient (Wildman–Crippen LogP) is 4.58. The van der Waals surface area contributed by atoms with Crippen molar-refractivity contribution in [3.05, 3.63) is 107 Å². The van der Waals surface area contributed by atoms with Gasteiger partial charge >= 0.3 is 0 Å². The number of aryl methyl sites for hydroxylation is 1. The highest BCUT2D eigenvalue weighted by molar-refractivity contribution is 6.11. The minimum Gasteiger partial charge on any atom is -0.360 e. The second-order valence-electron chi connectivity index (χ2n) is 10.1. The molecule has 4 aromatic rings. The van der Waals surface area contributed by atoms with Crippen LogP contribution in [0.1, 0.15) is 56.3 Å². The fraction of sp³-hybridized carbons (Fsp3) is 0.281. The van der Waals surface area contributed by atoms with Crippen LogP contribution in [0.3, 0.4) is 0 Å². The fourth-order valence-corrected chi connectivity index (χ4v) is 5.10. The number of aromatic amines is 1. The van der Waals surface area contributed by atoms with Gasteiger partial charge in [0.05, 0.1) is 6.04 Å². The highest BCUT2D eigenvalue weighted by Gasteiger charge is 2.24. The van der Waals surface area contributed by atoms with Crippen molar-refractivity contribution in [1.29, 1.82) is 0 Å². The Labute approximate surface area is 228 Å². The maximum Gasteiger partial charge on any atom is 0.251 e. The molecule has 0 saturated carbocycles. The smallest absolute Gasteiger partial charge is 0.251 e. The van der Waals surface area contributed by atoms with E-state index in [-0.39, 0.29) is 17.6 Å². The normalized spacial score (nSPS) is 14.1. The summed E-state index contributed by atoms with van der Waals surface area (Å²) < 4.78 is 0. The number of rotatable bonds is 11. The van der Waals surface area contributed by atoms with E-state index in [1.54, 1.807) is 23.2 Å². The summed E-state index contributed by atoms with van der Waals surface area (Å²) in [4.78, 5) is 43.3. The zero-order valence-electron chi connectivity index (χ0n) is 22.2. The molecule has 0 spiro atoms. The van der Waals surface area contributed by atoms with Crippen molar-refractivity contribution in [2.75, 3.05) is 26.2 Å². The van der Waals surface area contributed by atoms with Gasteiger partial charge in [0.1, 0.15) is 0 Å². The SMILES string of the molecule is Cc1ccc(CCN[C@@H](C(=O)c2c[nH]c3cc(C(=O)NCCN4CCCC4=O)ccc23)c2ccccc2)cc1. The van der Waals surface area contributed by atoms with Crippen LogP contribution in [0, 0.1) is 6.92 Å². The summed E-state index contributed by atoms with van der Waals surface area (Å²) in [7, 11) is 0. The van der Waals surface area contributed by atoms with Crippen LogP contribution in [0.5, 0.6) is 0 Å². The molecule has 3 N–H and O–H groups in total. The summed E-state index contributed by atoms with van der Waals surface area (Å²) in [6, 6.07) is 23.0. The molecule has 7 nitrogen and oxygen atoms in total. The zero-order valence-corrected chi connectivity index (χ0v) is 22.2. The number of nitrogens with zero attached hydrogens (tertiary/aromatic N) is 1. The third-order valence-electron chi connectivity index (χ3n) is 7.33. The van der Waals surface area contributed by atoms with Crippen LogP contribution in [-0.4, -0.2) is 53.7 Å². The maximum atomic E-state index is 13.8. The number of fused-ring (bicyclic) bond motifs is 1. The van der Waals surface area contributed by atoms with E-state index in [0.29, 0.717) is 37.2 Å². The van der Waals surface area contributed by atoms with Crippen molar-refractivity contribution in [1.82, 2.24) is 20.5 Å². The molecule has 2 heterocycles. The van der Waals surface area contributed by atoms with Gasteiger partial charge in [-0.1, -0.05) is 66.2 Å². The van der Waals surface area contributed by atoms with Gasteiger partial charge in [0.2, 0.25) is 5.91 Å². The lowest BCUT2D eigenvalue weighted by Crippen LogP contribution is -2.35. The minimum absolute atomic E-state index is 0.0242. The Morgan fingerprint density at radius 3 is 2.54 bits per heavy atom. The molecule has 200 valence electrons. The third kappa shape index (κ3) is 6.26. The second kappa shape index (κ2) is 12.1. The molecule has 0 aliphatic carbocycles. The zero-order chi connectivity index (χ0) is 27.2. The Morgan fingerprint density at radius 2 is 1.79 bits per heavy atom. The van der Waals surface area contributed by atoms with E-state index >= 15 is 0 Å².